The Balaban J connectivity index is 1.43. The van der Waals surface area contributed by atoms with Gasteiger partial charge in [0.15, 0.2) is 18.1 Å². The van der Waals surface area contributed by atoms with Crippen LogP contribution in [0, 0.1) is 0 Å². The fourth-order valence-electron chi connectivity index (χ4n) is 3.85. The second-order valence-electron chi connectivity index (χ2n) is 8.46. The van der Waals surface area contributed by atoms with Gasteiger partial charge in [0.25, 0.3) is 5.91 Å². The number of nitrogens with one attached hydrogen (secondary N) is 1. The maximum absolute atomic E-state index is 11.8. The van der Waals surface area contributed by atoms with Crippen LogP contribution in [0.2, 0.25) is 5.02 Å². The molecular weight excluding hydrogens is 536 g/mol. The van der Waals surface area contributed by atoms with E-state index in [2.05, 4.69) is 16.9 Å². The number of carbonyl (C=O) groups is 1. The van der Waals surface area contributed by atoms with Crippen LogP contribution in [0.5, 0.6) is 17.2 Å². The molecule has 1 amide bonds. The summed E-state index contributed by atoms with van der Waals surface area (Å²) in [5.41, 5.74) is 4.11. The highest BCUT2D eigenvalue weighted by atomic mass is 35.5. The summed E-state index contributed by atoms with van der Waals surface area (Å²) in [6, 6.07) is 18.8. The van der Waals surface area contributed by atoms with Gasteiger partial charge in [0.05, 0.1) is 31.3 Å². The van der Waals surface area contributed by atoms with Gasteiger partial charge in [-0.1, -0.05) is 29.8 Å². The molecule has 0 aliphatic carbocycles. The number of nitrogens with zero attached hydrogens (tertiary/aromatic N) is 3. The van der Waals surface area contributed by atoms with Crippen molar-refractivity contribution < 1.29 is 19.0 Å². The first kappa shape index (κ1) is 26.3. The van der Waals surface area contributed by atoms with Gasteiger partial charge in [0.2, 0.25) is 4.80 Å². The number of hydrogen-bond donors (Lipinski definition) is 1. The smallest absolute Gasteiger partial charge is 0.262 e. The molecule has 0 saturated heterocycles. The molecule has 1 aromatic heterocycles. The van der Waals surface area contributed by atoms with Gasteiger partial charge in [-0.2, -0.15) is 5.10 Å². The molecule has 5 rings (SSSR count). The molecule has 10 heteroatoms. The van der Waals surface area contributed by atoms with E-state index in [0.717, 1.165) is 22.4 Å². The lowest BCUT2D eigenvalue weighted by atomic mass is 10.1. The maximum Gasteiger partial charge on any atom is 0.262 e. The minimum Gasteiger partial charge on any atom is -0.493 e. The van der Waals surface area contributed by atoms with Crippen LogP contribution < -0.4 is 24.3 Å². The van der Waals surface area contributed by atoms with Crippen molar-refractivity contribution in [1.29, 1.82) is 0 Å². The predicted molar refractivity (Wildman–Crippen MR) is 154 cm³/mol. The standard InChI is InChI=1S/C29H25ClN4O4S/c1-3-12-31-29-34(24(18-39-29)21-7-11-25-23(14-21)33-28(35)17-38-25)32-15-20-6-10-26(27(13-20)36-2)37-16-19-4-8-22(30)9-5-19/h3-11,13-15,18H,1,12,16-17H2,2H3,(H,33,35). The van der Waals surface area contributed by atoms with Crippen molar-refractivity contribution in [3.8, 4) is 28.5 Å². The van der Waals surface area contributed by atoms with Crippen LogP contribution in [0.15, 0.2) is 88.8 Å². The normalized spacial score (nSPS) is 13.1. The van der Waals surface area contributed by atoms with E-state index < -0.39 is 0 Å². The van der Waals surface area contributed by atoms with Gasteiger partial charge in [-0.25, -0.2) is 4.68 Å². The molecule has 1 aliphatic rings. The van der Waals surface area contributed by atoms with Crippen LogP contribution >= 0.6 is 22.9 Å². The minimum absolute atomic E-state index is 0.00803. The van der Waals surface area contributed by atoms with Crippen LogP contribution in [0.1, 0.15) is 11.1 Å². The molecule has 3 aromatic carbocycles. The number of aromatic nitrogens is 1. The van der Waals surface area contributed by atoms with E-state index >= 15 is 0 Å². The third-order valence-electron chi connectivity index (χ3n) is 5.77. The molecule has 2 heterocycles. The summed E-state index contributed by atoms with van der Waals surface area (Å²) in [7, 11) is 1.60. The number of thiazole rings is 1. The van der Waals surface area contributed by atoms with Gasteiger partial charge in [-0.05, 0) is 59.7 Å². The summed E-state index contributed by atoms with van der Waals surface area (Å²) in [4.78, 5) is 17.1. The highest BCUT2D eigenvalue weighted by Gasteiger charge is 2.18. The lowest BCUT2D eigenvalue weighted by molar-refractivity contribution is -0.118. The van der Waals surface area contributed by atoms with Crippen LogP contribution in [0.4, 0.5) is 5.69 Å². The molecule has 0 atom stereocenters. The first-order chi connectivity index (χ1) is 19.0. The topological polar surface area (TPSA) is 86.4 Å². The number of ether oxygens (including phenoxy) is 3. The number of amides is 1. The number of methoxy groups -OCH3 is 1. The maximum atomic E-state index is 11.8. The summed E-state index contributed by atoms with van der Waals surface area (Å²) in [6.45, 7) is 4.61. The molecule has 0 spiro atoms. The van der Waals surface area contributed by atoms with Crippen LogP contribution in [0.25, 0.3) is 11.3 Å². The number of benzene rings is 3. The molecule has 0 bridgehead atoms. The Morgan fingerprint density at radius 1 is 1.15 bits per heavy atom. The molecule has 1 aliphatic heterocycles. The number of hydrogen-bond acceptors (Lipinski definition) is 7. The number of rotatable bonds is 9. The Morgan fingerprint density at radius 3 is 2.79 bits per heavy atom. The average molecular weight is 561 g/mol. The second kappa shape index (κ2) is 12.0. The molecule has 0 radical (unpaired) electrons. The zero-order valence-electron chi connectivity index (χ0n) is 21.1. The molecular formula is C29H25ClN4O4S. The average Bonchev–Trinajstić information content (AvgIpc) is 3.37. The summed E-state index contributed by atoms with van der Waals surface area (Å²) < 4.78 is 18.8. The van der Waals surface area contributed by atoms with E-state index in [1.54, 1.807) is 24.1 Å². The summed E-state index contributed by atoms with van der Waals surface area (Å²) >= 11 is 7.43. The van der Waals surface area contributed by atoms with Crippen LogP contribution in [0.3, 0.4) is 0 Å². The Kier molecular flexibility index (Phi) is 8.10. The lowest BCUT2D eigenvalue weighted by Crippen LogP contribution is -2.25. The molecule has 198 valence electrons. The predicted octanol–water partition coefficient (Wildman–Crippen LogP) is 5.76. The molecule has 1 N–H and O–H groups in total. The lowest BCUT2D eigenvalue weighted by Gasteiger charge is -2.18. The third kappa shape index (κ3) is 6.22. The van der Waals surface area contributed by atoms with E-state index in [0.29, 0.717) is 45.9 Å². The molecule has 0 fully saturated rings. The van der Waals surface area contributed by atoms with Crippen molar-refractivity contribution in [3.05, 3.63) is 99.6 Å². The van der Waals surface area contributed by atoms with Crippen molar-refractivity contribution in [2.45, 2.75) is 6.61 Å². The van der Waals surface area contributed by atoms with Gasteiger partial charge in [-0.3, -0.25) is 9.79 Å². The van der Waals surface area contributed by atoms with Gasteiger partial charge in [-0.15, -0.1) is 17.9 Å². The van der Waals surface area contributed by atoms with Crippen molar-refractivity contribution >= 4 is 40.7 Å². The fraction of sp³-hybridized carbons (Fsp3) is 0.138. The van der Waals surface area contributed by atoms with Crippen molar-refractivity contribution in [1.82, 2.24) is 4.68 Å². The highest BCUT2D eigenvalue weighted by molar-refractivity contribution is 7.07. The SMILES string of the molecule is C=CCN=c1scc(-c2ccc3c(c2)NC(=O)CO3)n1N=Cc1ccc(OCc2ccc(Cl)cc2)c(OC)c1. The van der Waals surface area contributed by atoms with E-state index in [1.807, 2.05) is 66.0 Å². The third-order valence-corrected chi connectivity index (χ3v) is 6.87. The Labute approximate surface area is 234 Å². The molecule has 39 heavy (non-hydrogen) atoms. The first-order valence-corrected chi connectivity index (χ1v) is 13.3. The monoisotopic (exact) mass is 560 g/mol. The number of carbonyl (C=O) groups excluding carboxylic acids is 1. The molecule has 0 unspecified atom stereocenters. The van der Waals surface area contributed by atoms with Crippen molar-refractivity contribution in [2.24, 2.45) is 10.1 Å². The Hall–Kier alpha value is -4.34. The van der Waals surface area contributed by atoms with Crippen LogP contribution in [-0.2, 0) is 11.4 Å². The van der Waals surface area contributed by atoms with Crippen molar-refractivity contribution in [3.63, 3.8) is 0 Å². The summed E-state index contributed by atoms with van der Waals surface area (Å²) in [5, 5.41) is 10.3. The van der Waals surface area contributed by atoms with Crippen LogP contribution in [-0.4, -0.2) is 37.1 Å². The molecule has 8 nitrogen and oxygen atoms in total. The number of anilines is 1. The molecule has 4 aromatic rings. The zero-order valence-corrected chi connectivity index (χ0v) is 22.7. The molecule has 0 saturated carbocycles. The van der Waals surface area contributed by atoms with Gasteiger partial charge >= 0.3 is 0 Å². The quantitative estimate of drug-likeness (QED) is 0.208. The fourth-order valence-corrected chi connectivity index (χ4v) is 4.83. The van der Waals surface area contributed by atoms with Gasteiger partial charge in [0.1, 0.15) is 12.4 Å². The Morgan fingerprint density at radius 2 is 2.00 bits per heavy atom. The van der Waals surface area contributed by atoms with E-state index in [1.165, 1.54) is 11.3 Å². The number of halogens is 1. The van der Waals surface area contributed by atoms with Crippen molar-refractivity contribution in [2.75, 3.05) is 25.6 Å². The first-order valence-electron chi connectivity index (χ1n) is 12.0. The second-order valence-corrected chi connectivity index (χ2v) is 9.74. The zero-order chi connectivity index (χ0) is 27.2. The summed E-state index contributed by atoms with van der Waals surface area (Å²) in [6.07, 6.45) is 3.46. The van der Waals surface area contributed by atoms with Gasteiger partial charge < -0.3 is 19.5 Å². The minimum atomic E-state index is -0.188. The van der Waals surface area contributed by atoms with E-state index in [-0.39, 0.29) is 12.5 Å². The Bertz CT molecular complexity index is 1610. The van der Waals surface area contributed by atoms with Gasteiger partial charge in [0, 0.05) is 16.0 Å². The largest absolute Gasteiger partial charge is 0.493 e. The summed E-state index contributed by atoms with van der Waals surface area (Å²) in [5.74, 6) is 1.65. The van der Waals surface area contributed by atoms with E-state index in [9.17, 15) is 4.79 Å². The van der Waals surface area contributed by atoms with E-state index in [4.69, 9.17) is 30.9 Å². The highest BCUT2D eigenvalue weighted by Crippen LogP contribution is 2.33. The number of fused-ring (bicyclic) bond motifs is 1.